The first-order chi connectivity index (χ1) is 12.3. The molecule has 2 saturated heterocycles. The Morgan fingerprint density at radius 3 is 2.31 bits per heavy atom. The Morgan fingerprint density at radius 2 is 1.73 bits per heavy atom. The van der Waals surface area contributed by atoms with Crippen molar-refractivity contribution in [3.63, 3.8) is 0 Å². The van der Waals surface area contributed by atoms with Crippen LogP contribution >= 0.6 is 11.6 Å². The molecule has 2 aliphatic rings. The lowest BCUT2D eigenvalue weighted by Gasteiger charge is -2.35. The van der Waals surface area contributed by atoms with E-state index in [1.165, 1.54) is 18.5 Å². The van der Waals surface area contributed by atoms with Gasteiger partial charge in [0.1, 0.15) is 5.60 Å². The SMILES string of the molecule is CC(C)(C)OC(=O)N1CCN(Cc2ccc(N3CCCC3)cc2Cl)CC1. The van der Waals surface area contributed by atoms with Gasteiger partial charge in [0.2, 0.25) is 0 Å². The van der Waals surface area contributed by atoms with E-state index in [1.54, 1.807) is 4.90 Å². The number of piperazine rings is 1. The minimum Gasteiger partial charge on any atom is -0.444 e. The van der Waals surface area contributed by atoms with E-state index in [0.717, 1.165) is 43.3 Å². The number of hydrogen-bond donors (Lipinski definition) is 0. The van der Waals surface area contributed by atoms with Crippen LogP contribution in [0.2, 0.25) is 5.02 Å². The van der Waals surface area contributed by atoms with Crippen LogP contribution in [0.25, 0.3) is 0 Å². The minimum absolute atomic E-state index is 0.217. The first kappa shape index (κ1) is 19.3. The number of carbonyl (C=O) groups is 1. The summed E-state index contributed by atoms with van der Waals surface area (Å²) in [6, 6.07) is 6.43. The summed E-state index contributed by atoms with van der Waals surface area (Å²) >= 11 is 6.54. The van der Waals surface area contributed by atoms with Gasteiger partial charge in [0, 0.05) is 56.5 Å². The lowest BCUT2D eigenvalue weighted by atomic mass is 10.1. The molecule has 0 unspecified atom stereocenters. The third-order valence-electron chi connectivity index (χ3n) is 4.93. The molecule has 144 valence electrons. The largest absolute Gasteiger partial charge is 0.444 e. The van der Waals surface area contributed by atoms with Gasteiger partial charge in [0.25, 0.3) is 0 Å². The molecule has 0 saturated carbocycles. The highest BCUT2D eigenvalue weighted by atomic mass is 35.5. The highest BCUT2D eigenvalue weighted by Gasteiger charge is 2.26. The van der Waals surface area contributed by atoms with Crippen molar-refractivity contribution in [2.24, 2.45) is 0 Å². The molecule has 6 heteroatoms. The fraction of sp³-hybridized carbons (Fsp3) is 0.650. The van der Waals surface area contributed by atoms with Crippen molar-refractivity contribution in [1.82, 2.24) is 9.80 Å². The Balaban J connectivity index is 1.52. The van der Waals surface area contributed by atoms with E-state index >= 15 is 0 Å². The molecule has 3 rings (SSSR count). The number of nitrogens with zero attached hydrogens (tertiary/aromatic N) is 3. The van der Waals surface area contributed by atoms with Crippen LogP contribution in [0.4, 0.5) is 10.5 Å². The lowest BCUT2D eigenvalue weighted by Crippen LogP contribution is -2.49. The number of rotatable bonds is 3. The van der Waals surface area contributed by atoms with Crippen molar-refractivity contribution >= 4 is 23.4 Å². The van der Waals surface area contributed by atoms with Gasteiger partial charge in [0.05, 0.1) is 0 Å². The summed E-state index contributed by atoms with van der Waals surface area (Å²) in [5.41, 5.74) is 1.94. The van der Waals surface area contributed by atoms with Crippen LogP contribution in [0.5, 0.6) is 0 Å². The molecule has 1 amide bonds. The molecule has 2 fully saturated rings. The van der Waals surface area contributed by atoms with Crippen molar-refractivity contribution in [2.75, 3.05) is 44.2 Å². The second-order valence-electron chi connectivity index (χ2n) is 8.21. The van der Waals surface area contributed by atoms with Crippen molar-refractivity contribution in [3.8, 4) is 0 Å². The van der Waals surface area contributed by atoms with Crippen LogP contribution in [0, 0.1) is 0 Å². The van der Waals surface area contributed by atoms with Crippen molar-refractivity contribution in [1.29, 1.82) is 0 Å². The molecule has 0 atom stereocenters. The Morgan fingerprint density at radius 1 is 1.08 bits per heavy atom. The Labute approximate surface area is 161 Å². The van der Waals surface area contributed by atoms with Gasteiger partial charge < -0.3 is 14.5 Å². The molecule has 0 aromatic heterocycles. The topological polar surface area (TPSA) is 36.0 Å². The smallest absolute Gasteiger partial charge is 0.410 e. The number of anilines is 1. The molecule has 2 heterocycles. The molecule has 0 aliphatic carbocycles. The predicted molar refractivity (Wildman–Crippen MR) is 106 cm³/mol. The summed E-state index contributed by atoms with van der Waals surface area (Å²) in [6.45, 7) is 11.8. The van der Waals surface area contributed by atoms with Gasteiger partial charge in [0.15, 0.2) is 0 Å². The quantitative estimate of drug-likeness (QED) is 0.795. The summed E-state index contributed by atoms with van der Waals surface area (Å²) in [5.74, 6) is 0. The molecule has 5 nitrogen and oxygen atoms in total. The zero-order valence-corrected chi connectivity index (χ0v) is 16.9. The van der Waals surface area contributed by atoms with Gasteiger partial charge in [-0.3, -0.25) is 4.90 Å². The van der Waals surface area contributed by atoms with Gasteiger partial charge in [-0.25, -0.2) is 4.79 Å². The van der Waals surface area contributed by atoms with E-state index in [-0.39, 0.29) is 6.09 Å². The maximum Gasteiger partial charge on any atom is 0.410 e. The van der Waals surface area contributed by atoms with Crippen molar-refractivity contribution < 1.29 is 9.53 Å². The minimum atomic E-state index is -0.446. The van der Waals surface area contributed by atoms with Crippen LogP contribution in [0.1, 0.15) is 39.2 Å². The maximum atomic E-state index is 12.2. The Hall–Kier alpha value is -1.46. The summed E-state index contributed by atoms with van der Waals surface area (Å²) in [4.78, 5) is 18.7. The van der Waals surface area contributed by atoms with Gasteiger partial charge in [-0.1, -0.05) is 17.7 Å². The van der Waals surface area contributed by atoms with Crippen molar-refractivity contribution in [2.45, 2.75) is 45.8 Å². The predicted octanol–water partition coefficient (Wildman–Crippen LogP) is 3.99. The summed E-state index contributed by atoms with van der Waals surface area (Å²) in [7, 11) is 0. The van der Waals surface area contributed by atoms with E-state index in [1.807, 2.05) is 20.8 Å². The molecule has 26 heavy (non-hydrogen) atoms. The van der Waals surface area contributed by atoms with Gasteiger partial charge >= 0.3 is 6.09 Å². The molecule has 1 aromatic rings. The molecule has 0 N–H and O–H groups in total. The van der Waals surface area contributed by atoms with Gasteiger partial charge in [-0.05, 0) is 51.3 Å². The monoisotopic (exact) mass is 379 g/mol. The fourth-order valence-electron chi connectivity index (χ4n) is 3.49. The van der Waals surface area contributed by atoms with Crippen LogP contribution in [0.3, 0.4) is 0 Å². The Bertz CT molecular complexity index is 630. The lowest BCUT2D eigenvalue weighted by molar-refractivity contribution is 0.0139. The second kappa shape index (κ2) is 8.05. The van der Waals surface area contributed by atoms with Gasteiger partial charge in [-0.2, -0.15) is 0 Å². The summed E-state index contributed by atoms with van der Waals surface area (Å²) in [5, 5.41) is 0.837. The standard InChI is InChI=1S/C20H30ClN3O2/c1-20(2,3)26-19(25)24-12-10-22(11-13-24)15-16-6-7-17(14-18(16)21)23-8-4-5-9-23/h6-7,14H,4-5,8-13,15H2,1-3H3. The average Bonchev–Trinajstić information content (AvgIpc) is 3.10. The zero-order chi connectivity index (χ0) is 18.7. The number of carbonyl (C=O) groups excluding carboxylic acids is 1. The first-order valence-corrected chi connectivity index (χ1v) is 9.93. The fourth-order valence-corrected chi connectivity index (χ4v) is 3.73. The van der Waals surface area contributed by atoms with Crippen LogP contribution in [0.15, 0.2) is 18.2 Å². The molecular weight excluding hydrogens is 350 g/mol. The number of halogens is 1. The number of hydrogen-bond acceptors (Lipinski definition) is 4. The molecule has 0 spiro atoms. The highest BCUT2D eigenvalue weighted by molar-refractivity contribution is 6.31. The van der Waals surface area contributed by atoms with Crippen molar-refractivity contribution in [3.05, 3.63) is 28.8 Å². The van der Waals surface area contributed by atoms with E-state index in [0.29, 0.717) is 13.1 Å². The molecule has 0 radical (unpaired) electrons. The summed E-state index contributed by atoms with van der Waals surface area (Å²) < 4.78 is 5.45. The zero-order valence-electron chi connectivity index (χ0n) is 16.1. The van der Waals surface area contributed by atoms with E-state index in [2.05, 4.69) is 28.0 Å². The normalized spacial score (nSPS) is 19.1. The van der Waals surface area contributed by atoms with E-state index in [9.17, 15) is 4.79 Å². The third-order valence-corrected chi connectivity index (χ3v) is 5.28. The average molecular weight is 380 g/mol. The Kier molecular flexibility index (Phi) is 5.98. The van der Waals surface area contributed by atoms with E-state index < -0.39 is 5.60 Å². The van der Waals surface area contributed by atoms with E-state index in [4.69, 9.17) is 16.3 Å². The number of ether oxygens (including phenoxy) is 1. The maximum absolute atomic E-state index is 12.2. The van der Waals surface area contributed by atoms with Crippen LogP contribution in [-0.2, 0) is 11.3 Å². The third kappa shape index (κ3) is 5.04. The first-order valence-electron chi connectivity index (χ1n) is 9.55. The molecule has 1 aromatic carbocycles. The molecule has 0 bridgehead atoms. The second-order valence-corrected chi connectivity index (χ2v) is 8.62. The molecule has 2 aliphatic heterocycles. The van der Waals surface area contributed by atoms with Crippen LogP contribution < -0.4 is 4.90 Å². The highest BCUT2D eigenvalue weighted by Crippen LogP contribution is 2.27. The number of amides is 1. The number of benzene rings is 1. The molecular formula is C20H30ClN3O2. The van der Waals surface area contributed by atoms with Gasteiger partial charge in [-0.15, -0.1) is 0 Å². The van der Waals surface area contributed by atoms with Crippen LogP contribution in [-0.4, -0.2) is 60.8 Å². The summed E-state index contributed by atoms with van der Waals surface area (Å²) in [6.07, 6.45) is 2.31.